The molecule has 11 heavy (non-hydrogen) atoms. The molecule has 2 heteroatoms. The highest BCUT2D eigenvalue weighted by Crippen LogP contribution is 2.25. The molecular formula is C9H18N2. The van der Waals surface area contributed by atoms with Gasteiger partial charge in [-0.1, -0.05) is 13.8 Å². The van der Waals surface area contributed by atoms with Crippen molar-refractivity contribution in [3.05, 3.63) is 0 Å². The summed E-state index contributed by atoms with van der Waals surface area (Å²) >= 11 is 0. The molecule has 1 aliphatic heterocycles. The molecule has 0 fully saturated rings. The van der Waals surface area contributed by atoms with Gasteiger partial charge in [0.15, 0.2) is 0 Å². The van der Waals surface area contributed by atoms with E-state index in [-0.39, 0.29) is 0 Å². The Kier molecular flexibility index (Phi) is 2.66. The van der Waals surface area contributed by atoms with Crippen molar-refractivity contribution >= 4 is 6.21 Å². The van der Waals surface area contributed by atoms with E-state index in [2.05, 4.69) is 30.4 Å². The van der Waals surface area contributed by atoms with Gasteiger partial charge in [0.1, 0.15) is 0 Å². The molecule has 1 N–H and O–H groups in total. The highest BCUT2D eigenvalue weighted by atomic mass is 14.9. The second-order valence-electron chi connectivity index (χ2n) is 4.02. The quantitative estimate of drug-likeness (QED) is 0.640. The highest BCUT2D eigenvalue weighted by Gasteiger charge is 2.21. The minimum Gasteiger partial charge on any atom is -0.318 e. The van der Waals surface area contributed by atoms with Gasteiger partial charge in [0, 0.05) is 12.8 Å². The molecule has 0 aliphatic carbocycles. The van der Waals surface area contributed by atoms with Crippen LogP contribution in [0.4, 0.5) is 0 Å². The topological polar surface area (TPSA) is 24.4 Å². The molecule has 1 rings (SSSR count). The van der Waals surface area contributed by atoms with E-state index in [9.17, 15) is 0 Å². The lowest BCUT2D eigenvalue weighted by Gasteiger charge is -2.27. The summed E-state index contributed by atoms with van der Waals surface area (Å²) in [6.07, 6.45) is 4.60. The van der Waals surface area contributed by atoms with Crippen LogP contribution in [0.5, 0.6) is 0 Å². The van der Waals surface area contributed by atoms with Crippen LogP contribution in [0.1, 0.15) is 26.7 Å². The first-order valence-corrected chi connectivity index (χ1v) is 4.33. The Bertz CT molecular complexity index is 150. The van der Waals surface area contributed by atoms with Gasteiger partial charge in [-0.25, -0.2) is 0 Å². The smallest absolute Gasteiger partial charge is 0.0620 e. The third-order valence-corrected chi connectivity index (χ3v) is 2.20. The van der Waals surface area contributed by atoms with Crippen LogP contribution in [-0.4, -0.2) is 25.8 Å². The van der Waals surface area contributed by atoms with Gasteiger partial charge in [0.25, 0.3) is 0 Å². The summed E-state index contributed by atoms with van der Waals surface area (Å²) in [5.41, 5.74) is 0.338. The second-order valence-corrected chi connectivity index (χ2v) is 4.02. The van der Waals surface area contributed by atoms with E-state index >= 15 is 0 Å². The molecule has 1 atom stereocenters. The van der Waals surface area contributed by atoms with Crippen molar-refractivity contribution in [2.24, 2.45) is 10.4 Å². The van der Waals surface area contributed by atoms with Gasteiger partial charge in [-0.05, 0) is 25.3 Å². The van der Waals surface area contributed by atoms with Gasteiger partial charge in [0.05, 0.1) is 6.04 Å². The van der Waals surface area contributed by atoms with Crippen LogP contribution in [0, 0.1) is 5.41 Å². The van der Waals surface area contributed by atoms with E-state index in [1.807, 2.05) is 7.05 Å². The average Bonchev–Trinajstić information content (AvgIpc) is 1.94. The first-order valence-electron chi connectivity index (χ1n) is 4.33. The fourth-order valence-corrected chi connectivity index (χ4v) is 1.38. The molecule has 0 radical (unpaired) electrons. The number of hydrogen-bond acceptors (Lipinski definition) is 2. The summed E-state index contributed by atoms with van der Waals surface area (Å²) in [5.74, 6) is 0. The van der Waals surface area contributed by atoms with Crippen LogP contribution in [0.3, 0.4) is 0 Å². The third-order valence-electron chi connectivity index (χ3n) is 2.20. The standard InChI is InChI=1S/C9H18N2/c1-9(2)5-4-8(6-10-3)11-7-9/h7-8,10H,4-6H2,1-3H3. The van der Waals surface area contributed by atoms with Crippen LogP contribution in [-0.2, 0) is 0 Å². The fraction of sp³-hybridized carbons (Fsp3) is 0.889. The summed E-state index contributed by atoms with van der Waals surface area (Å²) in [6.45, 7) is 5.50. The van der Waals surface area contributed by atoms with Crippen molar-refractivity contribution in [2.45, 2.75) is 32.7 Å². The Hall–Kier alpha value is -0.370. The molecule has 0 aromatic rings. The number of hydrogen-bond donors (Lipinski definition) is 1. The maximum Gasteiger partial charge on any atom is 0.0620 e. The summed E-state index contributed by atoms with van der Waals surface area (Å²) in [6, 6.07) is 0.521. The van der Waals surface area contributed by atoms with Crippen molar-refractivity contribution in [3.8, 4) is 0 Å². The van der Waals surface area contributed by atoms with Crippen molar-refractivity contribution in [1.29, 1.82) is 0 Å². The zero-order chi connectivity index (χ0) is 8.32. The Labute approximate surface area is 69.1 Å². The van der Waals surface area contributed by atoms with Gasteiger partial charge in [-0.15, -0.1) is 0 Å². The maximum absolute atomic E-state index is 4.48. The van der Waals surface area contributed by atoms with E-state index in [0.29, 0.717) is 11.5 Å². The third kappa shape index (κ3) is 2.62. The van der Waals surface area contributed by atoms with Crippen molar-refractivity contribution in [1.82, 2.24) is 5.32 Å². The lowest BCUT2D eigenvalue weighted by molar-refractivity contribution is 0.400. The van der Waals surface area contributed by atoms with Crippen molar-refractivity contribution in [2.75, 3.05) is 13.6 Å². The molecule has 0 spiro atoms. The SMILES string of the molecule is CNCC1CCC(C)(C)C=N1. The lowest BCUT2D eigenvalue weighted by atomic mass is 9.85. The Morgan fingerprint density at radius 1 is 1.64 bits per heavy atom. The molecule has 0 aromatic heterocycles. The fourth-order valence-electron chi connectivity index (χ4n) is 1.38. The molecule has 1 aliphatic rings. The molecule has 1 heterocycles. The number of likely N-dealkylation sites (N-methyl/N-ethyl adjacent to an activating group) is 1. The second kappa shape index (κ2) is 3.35. The van der Waals surface area contributed by atoms with Crippen molar-refractivity contribution < 1.29 is 0 Å². The Morgan fingerprint density at radius 3 is 2.82 bits per heavy atom. The Morgan fingerprint density at radius 2 is 2.36 bits per heavy atom. The van der Waals surface area contributed by atoms with Gasteiger partial charge >= 0.3 is 0 Å². The number of nitrogens with one attached hydrogen (secondary N) is 1. The first-order chi connectivity index (χ1) is 5.14. The zero-order valence-electron chi connectivity index (χ0n) is 7.72. The van der Waals surface area contributed by atoms with E-state index in [1.54, 1.807) is 0 Å². The van der Waals surface area contributed by atoms with Crippen LogP contribution < -0.4 is 5.32 Å². The molecule has 0 saturated heterocycles. The zero-order valence-corrected chi connectivity index (χ0v) is 7.72. The summed E-state index contributed by atoms with van der Waals surface area (Å²) in [4.78, 5) is 4.48. The summed E-state index contributed by atoms with van der Waals surface area (Å²) < 4.78 is 0. The van der Waals surface area contributed by atoms with Gasteiger partial charge in [-0.2, -0.15) is 0 Å². The van der Waals surface area contributed by atoms with E-state index < -0.39 is 0 Å². The minimum atomic E-state index is 0.338. The van der Waals surface area contributed by atoms with Gasteiger partial charge in [-0.3, -0.25) is 4.99 Å². The first kappa shape index (κ1) is 8.72. The number of aliphatic imine (C=N–C) groups is 1. The summed E-state index contributed by atoms with van der Waals surface area (Å²) in [7, 11) is 1.98. The highest BCUT2D eigenvalue weighted by molar-refractivity contribution is 5.65. The molecule has 0 saturated carbocycles. The molecule has 64 valence electrons. The minimum absolute atomic E-state index is 0.338. The molecular weight excluding hydrogens is 136 g/mol. The maximum atomic E-state index is 4.48. The predicted octanol–water partition coefficient (Wildman–Crippen LogP) is 1.47. The average molecular weight is 154 g/mol. The largest absolute Gasteiger partial charge is 0.318 e. The van der Waals surface area contributed by atoms with Gasteiger partial charge in [0.2, 0.25) is 0 Å². The van der Waals surface area contributed by atoms with Crippen molar-refractivity contribution in [3.63, 3.8) is 0 Å². The monoisotopic (exact) mass is 154 g/mol. The van der Waals surface area contributed by atoms with E-state index in [4.69, 9.17) is 0 Å². The molecule has 2 nitrogen and oxygen atoms in total. The molecule has 0 bridgehead atoms. The van der Waals surface area contributed by atoms with Gasteiger partial charge < -0.3 is 5.32 Å². The van der Waals surface area contributed by atoms with E-state index in [1.165, 1.54) is 12.8 Å². The molecule has 0 aromatic carbocycles. The lowest BCUT2D eigenvalue weighted by Crippen LogP contribution is -2.29. The number of nitrogens with zero attached hydrogens (tertiary/aromatic N) is 1. The molecule has 0 amide bonds. The van der Waals surface area contributed by atoms with Crippen LogP contribution in [0.2, 0.25) is 0 Å². The Balaban J connectivity index is 2.43. The van der Waals surface area contributed by atoms with Crippen LogP contribution >= 0.6 is 0 Å². The number of rotatable bonds is 2. The van der Waals surface area contributed by atoms with Crippen LogP contribution in [0.25, 0.3) is 0 Å². The predicted molar refractivity (Wildman–Crippen MR) is 49.2 cm³/mol. The normalized spacial score (nSPS) is 28.8. The molecule has 1 unspecified atom stereocenters. The summed E-state index contributed by atoms with van der Waals surface area (Å²) in [5, 5.41) is 3.15. The van der Waals surface area contributed by atoms with E-state index in [0.717, 1.165) is 6.54 Å². The van der Waals surface area contributed by atoms with Crippen LogP contribution in [0.15, 0.2) is 4.99 Å².